The number of carboxylic acids is 2. The number of carboxylic acid groups (broad SMARTS) is 2. The van der Waals surface area contributed by atoms with Crippen LogP contribution >= 0.6 is 0 Å². The van der Waals surface area contributed by atoms with Crippen LogP contribution in [-0.2, 0) is 4.79 Å². The van der Waals surface area contributed by atoms with Crippen LogP contribution in [0.25, 0.3) is 0 Å². The minimum Gasteiger partial charge on any atom is -0.478 e. The number of carbonyl (C=O) groups excluding carboxylic acids is 1. The van der Waals surface area contributed by atoms with E-state index < -0.39 is 17.7 Å². The lowest BCUT2D eigenvalue weighted by Crippen LogP contribution is -2.35. The van der Waals surface area contributed by atoms with Gasteiger partial charge in [0, 0.05) is 6.92 Å². The summed E-state index contributed by atoms with van der Waals surface area (Å²) in [5.74, 6) is -2.92. The fourth-order valence-electron chi connectivity index (χ4n) is 2.14. The van der Waals surface area contributed by atoms with Crippen molar-refractivity contribution < 1.29 is 24.6 Å². The summed E-state index contributed by atoms with van der Waals surface area (Å²) in [6, 6.07) is 10.7. The number of nitrogens with zero attached hydrogens (tertiary/aromatic N) is 1. The number of Topliss-reactive ketones (excluding diaryl/α,β-unsaturated/α-hetero) is 1. The highest BCUT2D eigenvalue weighted by molar-refractivity contribution is 6.38. The van der Waals surface area contributed by atoms with E-state index in [2.05, 4.69) is 15.8 Å². The largest absolute Gasteiger partial charge is 0.478 e. The average Bonchev–Trinajstić information content (AvgIpc) is 2.59. The Morgan fingerprint density at radius 1 is 0.962 bits per heavy atom. The Morgan fingerprint density at radius 3 is 2.23 bits per heavy atom. The number of aliphatic imine (C=N–C) groups is 1. The molecule has 0 aliphatic carbocycles. The van der Waals surface area contributed by atoms with E-state index >= 15 is 0 Å². The Bertz CT molecular complexity index is 905. The molecule has 0 radical (unpaired) electrons. The minimum absolute atomic E-state index is 0.00413. The summed E-state index contributed by atoms with van der Waals surface area (Å²) < 4.78 is 0. The van der Waals surface area contributed by atoms with E-state index in [1.165, 1.54) is 31.2 Å². The summed E-state index contributed by atoms with van der Waals surface area (Å²) >= 11 is 0. The molecule has 0 unspecified atom stereocenters. The van der Waals surface area contributed by atoms with Crippen LogP contribution in [0.3, 0.4) is 0 Å². The van der Waals surface area contributed by atoms with Crippen molar-refractivity contribution in [3.05, 3.63) is 59.2 Å². The van der Waals surface area contributed by atoms with E-state index in [0.29, 0.717) is 0 Å². The Hall–Kier alpha value is -3.68. The van der Waals surface area contributed by atoms with Crippen LogP contribution in [0.1, 0.15) is 33.2 Å². The second-order valence-electron chi connectivity index (χ2n) is 5.44. The van der Waals surface area contributed by atoms with Crippen molar-refractivity contribution in [3.63, 3.8) is 0 Å². The number of hydrazine groups is 1. The van der Waals surface area contributed by atoms with Crippen LogP contribution in [0.15, 0.2) is 47.5 Å². The summed E-state index contributed by atoms with van der Waals surface area (Å²) in [4.78, 5) is 38.5. The summed E-state index contributed by atoms with van der Waals surface area (Å²) in [6.07, 6.45) is 0. The molecule has 0 aliphatic heterocycles. The van der Waals surface area contributed by atoms with E-state index in [4.69, 9.17) is 5.11 Å². The van der Waals surface area contributed by atoms with Gasteiger partial charge >= 0.3 is 11.9 Å². The second-order valence-corrected chi connectivity index (χ2v) is 5.44. The molecule has 2 aromatic rings. The third kappa shape index (κ3) is 4.44. The van der Waals surface area contributed by atoms with Crippen LogP contribution in [0, 0.1) is 6.92 Å². The van der Waals surface area contributed by atoms with Gasteiger partial charge < -0.3 is 10.2 Å². The zero-order chi connectivity index (χ0) is 19.3. The van der Waals surface area contributed by atoms with Crippen molar-refractivity contribution in [2.24, 2.45) is 4.99 Å². The number of para-hydroxylation sites is 1. The summed E-state index contributed by atoms with van der Waals surface area (Å²) in [6.45, 7) is 3.00. The molecule has 26 heavy (non-hydrogen) atoms. The van der Waals surface area contributed by atoms with Gasteiger partial charge in [-0.2, -0.15) is 0 Å². The molecular weight excluding hydrogens is 338 g/mol. The van der Waals surface area contributed by atoms with Gasteiger partial charge in [0.25, 0.3) is 0 Å². The molecule has 0 fully saturated rings. The smallest absolute Gasteiger partial charge is 0.337 e. The van der Waals surface area contributed by atoms with Crippen LogP contribution < -0.4 is 10.9 Å². The lowest BCUT2D eigenvalue weighted by molar-refractivity contribution is -0.111. The minimum atomic E-state index is -1.17. The molecule has 0 spiro atoms. The van der Waals surface area contributed by atoms with Crippen molar-refractivity contribution in [1.82, 2.24) is 5.43 Å². The van der Waals surface area contributed by atoms with E-state index in [-0.39, 0.29) is 28.3 Å². The Labute approximate surface area is 149 Å². The predicted octanol–water partition coefficient (Wildman–Crippen LogP) is 2.63. The third-order valence-corrected chi connectivity index (χ3v) is 3.42. The lowest BCUT2D eigenvalue weighted by atomic mass is 10.1. The zero-order valence-electron chi connectivity index (χ0n) is 14.1. The normalized spacial score (nSPS) is 10.9. The molecule has 134 valence electrons. The number of nitrogens with one attached hydrogen (secondary N) is 2. The van der Waals surface area contributed by atoms with Crippen molar-refractivity contribution in [2.75, 3.05) is 5.43 Å². The van der Waals surface area contributed by atoms with Crippen molar-refractivity contribution in [1.29, 1.82) is 0 Å². The van der Waals surface area contributed by atoms with Crippen LogP contribution in [0.5, 0.6) is 0 Å². The maximum Gasteiger partial charge on any atom is 0.337 e. The SMILES string of the molecule is CC(=O)C(=Nc1ccc(C)cc1C(=O)O)NNc1ccccc1C(=O)O. The van der Waals surface area contributed by atoms with Crippen LogP contribution in [0.4, 0.5) is 11.4 Å². The quantitative estimate of drug-likeness (QED) is 0.356. The monoisotopic (exact) mass is 355 g/mol. The number of hydrogen-bond acceptors (Lipinski definition) is 5. The fourth-order valence-corrected chi connectivity index (χ4v) is 2.14. The number of aromatic carboxylic acids is 2. The number of carbonyl (C=O) groups is 3. The van der Waals surface area contributed by atoms with Gasteiger partial charge in [-0.1, -0.05) is 23.8 Å². The first-order chi connectivity index (χ1) is 12.3. The molecule has 2 rings (SSSR count). The molecule has 0 bridgehead atoms. The van der Waals surface area contributed by atoms with E-state index in [1.54, 1.807) is 25.1 Å². The molecule has 0 heterocycles. The number of aryl methyl sites for hydroxylation is 1. The second kappa shape index (κ2) is 7.93. The predicted molar refractivity (Wildman–Crippen MR) is 96.1 cm³/mol. The van der Waals surface area contributed by atoms with Gasteiger partial charge in [-0.05, 0) is 31.2 Å². The van der Waals surface area contributed by atoms with Gasteiger partial charge in [-0.25, -0.2) is 14.6 Å². The van der Waals surface area contributed by atoms with Gasteiger partial charge in [-0.3, -0.25) is 15.6 Å². The first-order valence-corrected chi connectivity index (χ1v) is 7.57. The van der Waals surface area contributed by atoms with E-state index in [9.17, 15) is 19.5 Å². The van der Waals surface area contributed by atoms with E-state index in [0.717, 1.165) is 5.56 Å². The molecule has 0 amide bonds. The van der Waals surface area contributed by atoms with Crippen LogP contribution in [-0.4, -0.2) is 33.8 Å². The number of ketones is 1. The van der Waals surface area contributed by atoms with Gasteiger partial charge in [0.1, 0.15) is 0 Å². The number of rotatable bonds is 6. The Balaban J connectivity index is 2.34. The summed E-state index contributed by atoms with van der Waals surface area (Å²) in [7, 11) is 0. The standard InChI is InChI=1S/C18H17N3O5/c1-10-7-8-14(13(9-10)18(25)26)19-16(11(2)22)21-20-15-6-4-3-5-12(15)17(23)24/h3-9,20H,1-2H3,(H,19,21)(H,23,24)(H,25,26). The molecule has 8 heteroatoms. The average molecular weight is 355 g/mol. The molecule has 8 nitrogen and oxygen atoms in total. The summed E-state index contributed by atoms with van der Waals surface area (Å²) in [5.41, 5.74) is 6.22. The molecule has 0 atom stereocenters. The molecule has 0 saturated carbocycles. The van der Waals surface area contributed by atoms with Crippen molar-refractivity contribution in [2.45, 2.75) is 13.8 Å². The maximum atomic E-state index is 11.8. The fraction of sp³-hybridized carbons (Fsp3) is 0.111. The topological polar surface area (TPSA) is 128 Å². The lowest BCUT2D eigenvalue weighted by Gasteiger charge is -2.13. The van der Waals surface area contributed by atoms with Gasteiger partial charge in [0.15, 0.2) is 11.6 Å². The zero-order valence-corrected chi connectivity index (χ0v) is 14.1. The summed E-state index contributed by atoms with van der Waals surface area (Å²) in [5, 5.41) is 18.5. The number of anilines is 1. The van der Waals surface area contributed by atoms with Crippen LogP contribution in [0.2, 0.25) is 0 Å². The first-order valence-electron chi connectivity index (χ1n) is 7.57. The highest BCUT2D eigenvalue weighted by atomic mass is 16.4. The highest BCUT2D eigenvalue weighted by Gasteiger charge is 2.14. The molecule has 0 saturated heterocycles. The number of hydrogen-bond donors (Lipinski definition) is 4. The van der Waals surface area contributed by atoms with Gasteiger partial charge in [-0.15, -0.1) is 0 Å². The van der Waals surface area contributed by atoms with Gasteiger partial charge in [0.2, 0.25) is 0 Å². The highest BCUT2D eigenvalue weighted by Crippen LogP contribution is 2.21. The van der Waals surface area contributed by atoms with Crippen molar-refractivity contribution in [3.8, 4) is 0 Å². The third-order valence-electron chi connectivity index (χ3n) is 3.42. The maximum absolute atomic E-state index is 11.8. The van der Waals surface area contributed by atoms with Crippen molar-refractivity contribution >= 4 is 34.9 Å². The number of benzene rings is 2. The molecule has 2 aromatic carbocycles. The number of amidine groups is 1. The Kier molecular flexibility index (Phi) is 5.69. The first kappa shape index (κ1) is 18.7. The molecule has 0 aliphatic rings. The van der Waals surface area contributed by atoms with E-state index in [1.807, 2.05) is 0 Å². The molecule has 4 N–H and O–H groups in total. The molecule has 0 aromatic heterocycles. The Morgan fingerprint density at radius 2 is 1.62 bits per heavy atom. The van der Waals surface area contributed by atoms with Gasteiger partial charge in [0.05, 0.1) is 22.5 Å². The molecular formula is C18H17N3O5.